The first-order valence-electron chi connectivity index (χ1n) is 5.12. The summed E-state index contributed by atoms with van der Waals surface area (Å²) in [5.74, 6) is 0.0541. The molecule has 1 aliphatic rings. The number of rotatable bonds is 2. The smallest absolute Gasteiger partial charge is 0.149 e. The van der Waals surface area contributed by atoms with Crippen molar-refractivity contribution in [2.24, 2.45) is 0 Å². The van der Waals surface area contributed by atoms with E-state index in [0.717, 1.165) is 6.07 Å². The molecule has 1 fully saturated rings. The first-order chi connectivity index (χ1) is 7.87. The Kier molecular flexibility index (Phi) is 3.40. The summed E-state index contributed by atoms with van der Waals surface area (Å²) >= 11 is 5.73. The van der Waals surface area contributed by atoms with Crippen LogP contribution in [0, 0.1) is 5.82 Å². The summed E-state index contributed by atoms with van der Waals surface area (Å²) in [5, 5.41) is 3.25. The van der Waals surface area contributed by atoms with Crippen LogP contribution < -0.4 is 11.1 Å². The van der Waals surface area contributed by atoms with Crippen molar-refractivity contribution in [2.75, 3.05) is 22.6 Å². The minimum Gasteiger partial charge on any atom is -0.395 e. The summed E-state index contributed by atoms with van der Waals surface area (Å²) in [6, 6.07) is 2.56. The van der Waals surface area contributed by atoms with Crippen molar-refractivity contribution in [1.29, 1.82) is 0 Å². The molecule has 1 heterocycles. The van der Waals surface area contributed by atoms with Gasteiger partial charge in [-0.25, -0.2) is 4.39 Å². The molecule has 0 amide bonds. The van der Waals surface area contributed by atoms with Crippen molar-refractivity contribution in [3.8, 4) is 0 Å². The van der Waals surface area contributed by atoms with Gasteiger partial charge in [0.1, 0.15) is 5.82 Å². The van der Waals surface area contributed by atoms with E-state index in [0.29, 0.717) is 17.9 Å². The molecule has 1 unspecified atom stereocenters. The zero-order valence-corrected chi connectivity index (χ0v) is 10.6. The van der Waals surface area contributed by atoms with Crippen molar-refractivity contribution < 1.29 is 13.5 Å². The highest BCUT2D eigenvalue weighted by atomic mass is 35.5. The van der Waals surface area contributed by atoms with Crippen molar-refractivity contribution >= 4 is 33.6 Å². The lowest BCUT2D eigenvalue weighted by Gasteiger charge is -2.26. The maximum absolute atomic E-state index is 13.3. The average Bonchev–Trinajstić information content (AvgIpc) is 2.54. The van der Waals surface area contributed by atoms with Crippen LogP contribution in [-0.4, -0.2) is 26.7 Å². The Hall–Kier alpha value is -0.690. The Labute approximate surface area is 105 Å². The molecule has 0 bridgehead atoms. The Morgan fingerprint density at radius 1 is 1.47 bits per heavy atom. The van der Waals surface area contributed by atoms with Crippen LogP contribution in [0.15, 0.2) is 12.1 Å². The summed E-state index contributed by atoms with van der Waals surface area (Å²) in [5.41, 5.74) is 5.98. The first kappa shape index (κ1) is 12.8. The molecule has 1 saturated heterocycles. The molecule has 1 aliphatic heterocycles. The molecular formula is C10H14ClFN2O2S. The van der Waals surface area contributed by atoms with Crippen LogP contribution in [0.25, 0.3) is 0 Å². The van der Waals surface area contributed by atoms with Crippen LogP contribution in [0.2, 0.25) is 5.02 Å². The van der Waals surface area contributed by atoms with E-state index < -0.39 is 16.4 Å². The highest BCUT2D eigenvalue weighted by Gasteiger charge is 2.28. The monoisotopic (exact) mass is 280 g/mol. The number of halogens is 2. The second-order valence-electron chi connectivity index (χ2n) is 4.15. The molecule has 5 N–H and O–H groups in total. The third-order valence-corrected chi connectivity index (χ3v) is 4.76. The van der Waals surface area contributed by atoms with Crippen LogP contribution in [0.1, 0.15) is 6.42 Å². The number of nitrogens with one attached hydrogen (secondary N) is 1. The number of nitrogens with two attached hydrogens (primary N) is 1. The summed E-state index contributed by atoms with van der Waals surface area (Å²) < 4.78 is 32.3. The van der Waals surface area contributed by atoms with Gasteiger partial charge in [-0.15, -0.1) is 0 Å². The van der Waals surface area contributed by atoms with Gasteiger partial charge in [0.2, 0.25) is 0 Å². The van der Waals surface area contributed by atoms with E-state index in [2.05, 4.69) is 5.32 Å². The fraction of sp³-hybridized carbons (Fsp3) is 0.400. The SMILES string of the molecule is Nc1c(F)cc(Cl)cc1NC1CCS(O)(O)C1. The van der Waals surface area contributed by atoms with Crippen LogP contribution in [0.4, 0.5) is 15.8 Å². The normalized spacial score (nSPS) is 24.6. The molecule has 0 saturated carbocycles. The number of hydrogen-bond donors (Lipinski definition) is 4. The van der Waals surface area contributed by atoms with Gasteiger partial charge in [0.25, 0.3) is 0 Å². The fourth-order valence-corrected chi connectivity index (χ4v) is 3.79. The number of anilines is 2. The third-order valence-electron chi connectivity index (χ3n) is 2.72. The minimum atomic E-state index is -2.48. The second-order valence-corrected chi connectivity index (χ2v) is 6.93. The largest absolute Gasteiger partial charge is 0.395 e. The summed E-state index contributed by atoms with van der Waals surface area (Å²) in [6.07, 6.45) is 0.621. The molecule has 7 heteroatoms. The molecule has 0 aliphatic carbocycles. The zero-order chi connectivity index (χ0) is 12.6. The summed E-state index contributed by atoms with van der Waals surface area (Å²) in [6.45, 7) is 0. The Balaban J connectivity index is 2.14. The predicted octanol–water partition coefficient (Wildman–Crippen LogP) is 3.00. The van der Waals surface area contributed by atoms with Gasteiger partial charge in [-0.2, -0.15) is 10.6 Å². The van der Waals surface area contributed by atoms with E-state index in [1.165, 1.54) is 6.07 Å². The molecule has 0 aromatic heterocycles. The second kappa shape index (κ2) is 4.53. The highest BCUT2D eigenvalue weighted by Crippen LogP contribution is 2.46. The van der Waals surface area contributed by atoms with E-state index >= 15 is 0 Å². The van der Waals surface area contributed by atoms with Gasteiger partial charge in [-0.05, 0) is 18.6 Å². The Morgan fingerprint density at radius 3 is 2.76 bits per heavy atom. The standard InChI is InChI=1S/C10H14ClFN2O2S/c11-6-3-8(12)10(13)9(4-6)14-7-1-2-17(15,16)5-7/h3-4,7,14-16H,1-2,5,13H2. The van der Waals surface area contributed by atoms with Gasteiger partial charge in [0.15, 0.2) is 0 Å². The maximum atomic E-state index is 13.3. The molecule has 0 spiro atoms. The quantitative estimate of drug-likeness (QED) is 0.628. The fourth-order valence-electron chi connectivity index (χ4n) is 1.86. The van der Waals surface area contributed by atoms with Gasteiger partial charge in [0.05, 0.1) is 17.1 Å². The van der Waals surface area contributed by atoms with Crippen LogP contribution in [0.3, 0.4) is 0 Å². The molecule has 1 aromatic carbocycles. The van der Waals surface area contributed by atoms with Crippen molar-refractivity contribution in [2.45, 2.75) is 12.5 Å². The topological polar surface area (TPSA) is 78.5 Å². The third kappa shape index (κ3) is 2.95. The molecule has 0 radical (unpaired) electrons. The molecule has 1 aromatic rings. The number of benzene rings is 1. The van der Waals surface area contributed by atoms with E-state index in [1.807, 2.05) is 0 Å². The summed E-state index contributed by atoms with van der Waals surface area (Å²) in [4.78, 5) is 0. The van der Waals surface area contributed by atoms with Crippen LogP contribution >= 0.6 is 22.2 Å². The average molecular weight is 281 g/mol. The Bertz CT molecular complexity index is 445. The maximum Gasteiger partial charge on any atom is 0.149 e. The lowest BCUT2D eigenvalue weighted by molar-refractivity contribution is 0.495. The van der Waals surface area contributed by atoms with Crippen LogP contribution in [0.5, 0.6) is 0 Å². The van der Waals surface area contributed by atoms with E-state index in [-0.39, 0.29) is 22.5 Å². The van der Waals surface area contributed by atoms with Gasteiger partial charge in [0, 0.05) is 16.8 Å². The van der Waals surface area contributed by atoms with Crippen molar-refractivity contribution in [3.63, 3.8) is 0 Å². The van der Waals surface area contributed by atoms with Gasteiger partial charge in [-0.3, -0.25) is 9.11 Å². The molecule has 4 nitrogen and oxygen atoms in total. The van der Waals surface area contributed by atoms with E-state index in [1.54, 1.807) is 0 Å². The number of hydrogen-bond acceptors (Lipinski definition) is 4. The molecule has 96 valence electrons. The minimum absolute atomic E-state index is 0.00206. The first-order valence-corrected chi connectivity index (χ1v) is 7.38. The Morgan fingerprint density at radius 2 is 2.18 bits per heavy atom. The highest BCUT2D eigenvalue weighted by molar-refractivity contribution is 8.24. The van der Waals surface area contributed by atoms with Gasteiger partial charge in [-0.1, -0.05) is 11.6 Å². The molecule has 17 heavy (non-hydrogen) atoms. The lowest BCUT2D eigenvalue weighted by atomic mass is 10.2. The molecule has 2 rings (SSSR count). The predicted molar refractivity (Wildman–Crippen MR) is 70.4 cm³/mol. The van der Waals surface area contributed by atoms with Crippen molar-refractivity contribution in [3.05, 3.63) is 23.0 Å². The van der Waals surface area contributed by atoms with E-state index in [9.17, 15) is 13.5 Å². The van der Waals surface area contributed by atoms with Gasteiger partial charge < -0.3 is 11.1 Å². The molecular weight excluding hydrogens is 267 g/mol. The summed E-state index contributed by atoms with van der Waals surface area (Å²) in [7, 11) is -2.48. The number of nitrogen functional groups attached to an aromatic ring is 1. The van der Waals surface area contributed by atoms with Gasteiger partial charge >= 0.3 is 0 Å². The van der Waals surface area contributed by atoms with Crippen LogP contribution in [-0.2, 0) is 0 Å². The molecule has 1 atom stereocenters. The zero-order valence-electron chi connectivity index (χ0n) is 8.99. The van der Waals surface area contributed by atoms with Crippen molar-refractivity contribution in [1.82, 2.24) is 0 Å². The van der Waals surface area contributed by atoms with E-state index in [4.69, 9.17) is 17.3 Å². The lowest BCUT2D eigenvalue weighted by Crippen LogP contribution is -2.20.